The second kappa shape index (κ2) is 6.55. The van der Waals surface area contributed by atoms with Gasteiger partial charge in [0.25, 0.3) is 11.2 Å². The largest absolute Gasteiger partial charge is 0.301 e. The number of azo groups is 1. The topological polar surface area (TPSA) is 151 Å². The van der Waals surface area contributed by atoms with E-state index in [2.05, 4.69) is 25.3 Å². The first kappa shape index (κ1) is 17.0. The van der Waals surface area contributed by atoms with Crippen LogP contribution in [0.15, 0.2) is 50.1 Å². The van der Waals surface area contributed by atoms with Gasteiger partial charge in [-0.1, -0.05) is 0 Å². The van der Waals surface area contributed by atoms with Crippen molar-refractivity contribution < 1.29 is 4.92 Å². The molecule has 0 saturated heterocycles. The van der Waals surface area contributed by atoms with Gasteiger partial charge >= 0.3 is 5.56 Å². The van der Waals surface area contributed by atoms with E-state index in [1.165, 1.54) is 30.3 Å². The number of rotatable bonds is 4. The van der Waals surface area contributed by atoms with Gasteiger partial charge in [0.1, 0.15) is 0 Å². The summed E-state index contributed by atoms with van der Waals surface area (Å²) in [4.78, 5) is 40.7. The van der Waals surface area contributed by atoms with E-state index >= 15 is 0 Å². The molecule has 2 aromatic heterocycles. The minimum atomic E-state index is -0.540. The van der Waals surface area contributed by atoms with Crippen LogP contribution in [0, 0.1) is 24.0 Å². The maximum atomic E-state index is 12.5. The van der Waals surface area contributed by atoms with Crippen molar-refractivity contribution in [1.29, 1.82) is 0 Å². The van der Waals surface area contributed by atoms with Crippen molar-refractivity contribution in [2.45, 2.75) is 13.8 Å². The molecule has 0 aliphatic rings. The molecule has 0 saturated carbocycles. The Bertz CT molecular complexity index is 1120. The molecule has 0 aliphatic heterocycles. The summed E-state index contributed by atoms with van der Waals surface area (Å²) in [7, 11) is 0. The quantitative estimate of drug-likeness (QED) is 0.417. The zero-order valence-electron chi connectivity index (χ0n) is 13.8. The molecule has 132 valence electrons. The van der Waals surface area contributed by atoms with Crippen LogP contribution in [0.2, 0.25) is 0 Å². The van der Waals surface area contributed by atoms with E-state index in [4.69, 9.17) is 0 Å². The lowest BCUT2D eigenvalue weighted by Crippen LogP contribution is -2.21. The van der Waals surface area contributed by atoms with Crippen LogP contribution < -0.4 is 11.1 Å². The SMILES string of the molecule is Cc1cc(=O)[nH]c(-n2[nH]c(C)c(N=Nc3ccc([N+](=O)[O-])cc3)c2=O)n1. The van der Waals surface area contributed by atoms with Crippen LogP contribution in [0.1, 0.15) is 11.4 Å². The lowest BCUT2D eigenvalue weighted by Gasteiger charge is -2.00. The molecule has 0 spiro atoms. The van der Waals surface area contributed by atoms with E-state index in [0.29, 0.717) is 17.1 Å². The highest BCUT2D eigenvalue weighted by atomic mass is 16.6. The van der Waals surface area contributed by atoms with E-state index in [9.17, 15) is 19.7 Å². The second-order valence-electron chi connectivity index (χ2n) is 5.41. The Kier molecular flexibility index (Phi) is 4.27. The molecule has 11 nitrogen and oxygen atoms in total. The molecule has 0 unspecified atom stereocenters. The van der Waals surface area contributed by atoms with Crippen LogP contribution in [0.4, 0.5) is 17.1 Å². The number of aryl methyl sites for hydroxylation is 2. The zero-order chi connectivity index (χ0) is 18.8. The first-order valence-electron chi connectivity index (χ1n) is 7.41. The fraction of sp³-hybridized carbons (Fsp3) is 0.133. The number of non-ortho nitro benzene ring substituents is 1. The number of hydrogen-bond acceptors (Lipinski definition) is 7. The van der Waals surface area contributed by atoms with Gasteiger partial charge in [0.05, 0.1) is 16.3 Å². The number of nitro benzene ring substituents is 1. The van der Waals surface area contributed by atoms with Gasteiger partial charge in [0.15, 0.2) is 5.69 Å². The molecule has 1 aromatic carbocycles. The molecule has 0 aliphatic carbocycles. The van der Waals surface area contributed by atoms with Gasteiger partial charge in [0.2, 0.25) is 5.95 Å². The van der Waals surface area contributed by atoms with Crippen molar-refractivity contribution in [3.05, 3.63) is 72.5 Å². The summed E-state index contributed by atoms with van der Waals surface area (Å²) in [5.41, 5.74) is 0.264. The van der Waals surface area contributed by atoms with Crippen molar-refractivity contribution in [3.8, 4) is 5.95 Å². The monoisotopic (exact) mass is 355 g/mol. The van der Waals surface area contributed by atoms with E-state index in [1.54, 1.807) is 13.8 Å². The average Bonchev–Trinajstić information content (AvgIpc) is 2.87. The minimum Gasteiger partial charge on any atom is -0.291 e. The summed E-state index contributed by atoms with van der Waals surface area (Å²) in [6.07, 6.45) is 0. The first-order valence-corrected chi connectivity index (χ1v) is 7.41. The molecule has 26 heavy (non-hydrogen) atoms. The van der Waals surface area contributed by atoms with Gasteiger partial charge in [-0.15, -0.1) is 5.11 Å². The van der Waals surface area contributed by atoms with Crippen molar-refractivity contribution in [2.24, 2.45) is 10.2 Å². The molecule has 3 rings (SSSR count). The zero-order valence-corrected chi connectivity index (χ0v) is 13.8. The maximum absolute atomic E-state index is 12.5. The Hall–Kier alpha value is -3.89. The van der Waals surface area contributed by atoms with Gasteiger partial charge in [-0.3, -0.25) is 29.8 Å². The fourth-order valence-corrected chi connectivity index (χ4v) is 2.22. The molecule has 0 fully saturated rings. The summed E-state index contributed by atoms with van der Waals surface area (Å²) in [6, 6.07) is 6.72. The summed E-state index contributed by atoms with van der Waals surface area (Å²) >= 11 is 0. The standard InChI is InChI=1S/C15H13N7O4/c1-8-7-12(23)17-15(16-8)21-14(24)13(9(2)20-21)19-18-10-3-5-11(6-4-10)22(25)26/h3-7,20H,1-2H3,(H,16,17,23). The normalized spacial score (nSPS) is 11.2. The number of benzene rings is 1. The predicted octanol–water partition coefficient (Wildman–Crippen LogP) is 2.19. The lowest BCUT2D eigenvalue weighted by molar-refractivity contribution is -0.384. The van der Waals surface area contributed by atoms with Crippen LogP contribution in [0.3, 0.4) is 0 Å². The third-order valence-corrected chi connectivity index (χ3v) is 3.44. The van der Waals surface area contributed by atoms with Gasteiger partial charge in [0, 0.05) is 23.9 Å². The lowest BCUT2D eigenvalue weighted by atomic mass is 10.3. The molecule has 2 N–H and O–H groups in total. The van der Waals surface area contributed by atoms with Gasteiger partial charge in [-0.25, -0.2) is 4.98 Å². The Balaban J connectivity index is 1.96. The molecular weight excluding hydrogens is 342 g/mol. The van der Waals surface area contributed by atoms with E-state index < -0.39 is 10.5 Å². The van der Waals surface area contributed by atoms with Crippen LogP contribution >= 0.6 is 0 Å². The summed E-state index contributed by atoms with van der Waals surface area (Å²) in [5, 5.41) is 21.2. The summed E-state index contributed by atoms with van der Waals surface area (Å²) < 4.78 is 1.06. The number of hydrogen-bond donors (Lipinski definition) is 2. The number of nitrogens with one attached hydrogen (secondary N) is 2. The van der Waals surface area contributed by atoms with Crippen LogP contribution in [0.25, 0.3) is 5.95 Å². The van der Waals surface area contributed by atoms with E-state index in [0.717, 1.165) is 4.68 Å². The molecular formula is C15H13N7O4. The highest BCUT2D eigenvalue weighted by Gasteiger charge is 2.14. The predicted molar refractivity (Wildman–Crippen MR) is 91.6 cm³/mol. The van der Waals surface area contributed by atoms with Crippen molar-refractivity contribution >= 4 is 17.1 Å². The maximum Gasteiger partial charge on any atom is 0.301 e. The van der Waals surface area contributed by atoms with Gasteiger partial charge < -0.3 is 0 Å². The Morgan fingerprint density at radius 2 is 1.85 bits per heavy atom. The smallest absolute Gasteiger partial charge is 0.291 e. The van der Waals surface area contributed by atoms with Crippen molar-refractivity contribution in [3.63, 3.8) is 0 Å². The highest BCUT2D eigenvalue weighted by molar-refractivity contribution is 5.45. The Morgan fingerprint density at radius 3 is 2.46 bits per heavy atom. The molecule has 0 bridgehead atoms. The van der Waals surface area contributed by atoms with Crippen LogP contribution in [-0.2, 0) is 0 Å². The number of nitro groups is 1. The fourth-order valence-electron chi connectivity index (χ4n) is 2.22. The molecule has 0 atom stereocenters. The van der Waals surface area contributed by atoms with Gasteiger partial charge in [-0.05, 0) is 26.0 Å². The van der Waals surface area contributed by atoms with E-state index in [-0.39, 0.29) is 22.9 Å². The molecule has 0 amide bonds. The number of nitrogens with zero attached hydrogens (tertiary/aromatic N) is 5. The average molecular weight is 355 g/mol. The Labute approximate surface area is 145 Å². The third kappa shape index (κ3) is 3.31. The molecule has 3 aromatic rings. The van der Waals surface area contributed by atoms with Crippen LogP contribution in [0.5, 0.6) is 0 Å². The first-order chi connectivity index (χ1) is 12.3. The van der Waals surface area contributed by atoms with Crippen LogP contribution in [-0.4, -0.2) is 24.7 Å². The number of H-pyrrole nitrogens is 2. The summed E-state index contributed by atoms with van der Waals surface area (Å²) in [5.74, 6) is 0.0416. The summed E-state index contributed by atoms with van der Waals surface area (Å²) in [6.45, 7) is 3.25. The molecule has 2 heterocycles. The second-order valence-corrected chi connectivity index (χ2v) is 5.41. The van der Waals surface area contributed by atoms with Crippen molar-refractivity contribution in [2.75, 3.05) is 0 Å². The highest BCUT2D eigenvalue weighted by Crippen LogP contribution is 2.21. The van der Waals surface area contributed by atoms with Gasteiger partial charge in [-0.2, -0.15) is 9.80 Å². The van der Waals surface area contributed by atoms with E-state index in [1.807, 2.05) is 0 Å². The van der Waals surface area contributed by atoms with Crippen molar-refractivity contribution in [1.82, 2.24) is 19.7 Å². The number of aromatic nitrogens is 4. The molecule has 0 radical (unpaired) electrons. The Morgan fingerprint density at radius 1 is 1.15 bits per heavy atom. The number of aromatic amines is 2. The molecule has 11 heteroatoms. The minimum absolute atomic E-state index is 0.0347. The third-order valence-electron chi connectivity index (χ3n) is 3.44.